The number of para-hydroxylation sites is 1. The molecule has 0 atom stereocenters. The molecule has 0 fully saturated rings. The van der Waals surface area contributed by atoms with Crippen molar-refractivity contribution in [2.24, 2.45) is 0 Å². The molecule has 0 aliphatic rings. The van der Waals surface area contributed by atoms with Crippen LogP contribution < -0.4 is 19.5 Å². The Bertz CT molecular complexity index is 766. The van der Waals surface area contributed by atoms with Gasteiger partial charge in [0.25, 0.3) is 5.91 Å². The van der Waals surface area contributed by atoms with Gasteiger partial charge in [-0.05, 0) is 30.7 Å². The molecule has 0 unspecified atom stereocenters. The summed E-state index contributed by atoms with van der Waals surface area (Å²) >= 11 is 6.27. The number of methoxy groups -OCH3 is 2. The third-order valence-electron chi connectivity index (χ3n) is 3.81. The Kier molecular flexibility index (Phi) is 8.23. The largest absolute Gasteiger partial charge is 0.493 e. The van der Waals surface area contributed by atoms with Crippen LogP contribution >= 0.6 is 11.6 Å². The topological polar surface area (TPSA) is 66.0 Å². The number of hydrogen-bond acceptors (Lipinski definition) is 5. The van der Waals surface area contributed by atoms with E-state index >= 15 is 0 Å². The molecule has 0 heterocycles. The first-order valence-corrected chi connectivity index (χ1v) is 8.96. The highest BCUT2D eigenvalue weighted by Gasteiger charge is 2.14. The molecule has 1 N–H and O–H groups in total. The standard InChI is InChI=1S/C20H24ClNO5/c1-4-26-9-10-27-17-8-6-5-7-15(17)20(23)22-13-14-11-18(24-2)19(25-3)12-16(14)21/h5-8,11-12H,4,9-10,13H2,1-3H3,(H,22,23). The maximum atomic E-state index is 12.6. The monoisotopic (exact) mass is 393 g/mol. The fraction of sp³-hybridized carbons (Fsp3) is 0.350. The fourth-order valence-electron chi connectivity index (χ4n) is 2.44. The molecular formula is C20H24ClNO5. The van der Waals surface area contributed by atoms with Crippen molar-refractivity contribution in [2.75, 3.05) is 34.0 Å². The van der Waals surface area contributed by atoms with Crippen molar-refractivity contribution in [1.82, 2.24) is 5.32 Å². The molecule has 0 aliphatic heterocycles. The molecule has 0 bridgehead atoms. The van der Waals surface area contributed by atoms with E-state index in [4.69, 9.17) is 30.5 Å². The number of carbonyl (C=O) groups is 1. The lowest BCUT2D eigenvalue weighted by atomic mass is 10.1. The zero-order valence-electron chi connectivity index (χ0n) is 15.7. The van der Waals surface area contributed by atoms with E-state index in [-0.39, 0.29) is 12.5 Å². The SMILES string of the molecule is CCOCCOc1ccccc1C(=O)NCc1cc(OC)c(OC)cc1Cl. The average Bonchev–Trinajstić information content (AvgIpc) is 2.70. The highest BCUT2D eigenvalue weighted by atomic mass is 35.5. The Balaban J connectivity index is 2.06. The van der Waals surface area contributed by atoms with Gasteiger partial charge in [0.15, 0.2) is 11.5 Å². The Labute approximate surface area is 164 Å². The number of nitrogens with one attached hydrogen (secondary N) is 1. The number of ether oxygens (including phenoxy) is 4. The Morgan fingerprint density at radius 2 is 1.74 bits per heavy atom. The molecule has 0 aliphatic carbocycles. The molecule has 0 aromatic heterocycles. The zero-order chi connectivity index (χ0) is 19.6. The second-order valence-electron chi connectivity index (χ2n) is 5.52. The van der Waals surface area contributed by atoms with Gasteiger partial charge in [-0.3, -0.25) is 4.79 Å². The van der Waals surface area contributed by atoms with E-state index in [0.29, 0.717) is 47.7 Å². The highest BCUT2D eigenvalue weighted by molar-refractivity contribution is 6.31. The van der Waals surface area contributed by atoms with Crippen molar-refractivity contribution >= 4 is 17.5 Å². The van der Waals surface area contributed by atoms with Crippen molar-refractivity contribution < 1.29 is 23.7 Å². The van der Waals surface area contributed by atoms with Crippen LogP contribution in [0.2, 0.25) is 5.02 Å². The van der Waals surface area contributed by atoms with Gasteiger partial charge >= 0.3 is 0 Å². The molecule has 146 valence electrons. The number of benzene rings is 2. The van der Waals surface area contributed by atoms with Crippen LogP contribution in [0.15, 0.2) is 36.4 Å². The lowest BCUT2D eigenvalue weighted by molar-refractivity contribution is 0.0934. The molecular weight excluding hydrogens is 370 g/mol. The summed E-state index contributed by atoms with van der Waals surface area (Å²) in [4.78, 5) is 12.6. The normalized spacial score (nSPS) is 10.4. The summed E-state index contributed by atoms with van der Waals surface area (Å²) < 4.78 is 21.4. The third kappa shape index (κ3) is 5.77. The molecule has 0 saturated carbocycles. The summed E-state index contributed by atoms with van der Waals surface area (Å²) in [5, 5.41) is 3.34. The number of halogens is 1. The Hall–Kier alpha value is -2.44. The maximum absolute atomic E-state index is 12.6. The number of hydrogen-bond donors (Lipinski definition) is 1. The van der Waals surface area contributed by atoms with E-state index < -0.39 is 0 Å². The van der Waals surface area contributed by atoms with E-state index in [0.717, 1.165) is 5.56 Å². The van der Waals surface area contributed by atoms with E-state index in [1.165, 1.54) is 7.11 Å². The minimum atomic E-state index is -0.257. The minimum Gasteiger partial charge on any atom is -0.493 e. The van der Waals surface area contributed by atoms with Gasteiger partial charge in [-0.2, -0.15) is 0 Å². The van der Waals surface area contributed by atoms with E-state index in [2.05, 4.69) is 5.32 Å². The Morgan fingerprint density at radius 1 is 1.04 bits per heavy atom. The quantitative estimate of drug-likeness (QED) is 0.623. The van der Waals surface area contributed by atoms with Crippen molar-refractivity contribution in [2.45, 2.75) is 13.5 Å². The van der Waals surface area contributed by atoms with Gasteiger partial charge < -0.3 is 24.3 Å². The second kappa shape index (κ2) is 10.6. The smallest absolute Gasteiger partial charge is 0.255 e. The predicted molar refractivity (Wildman–Crippen MR) is 104 cm³/mol. The minimum absolute atomic E-state index is 0.241. The maximum Gasteiger partial charge on any atom is 0.255 e. The van der Waals surface area contributed by atoms with Crippen LogP contribution in [-0.4, -0.2) is 39.9 Å². The van der Waals surface area contributed by atoms with Gasteiger partial charge in [0, 0.05) is 24.2 Å². The van der Waals surface area contributed by atoms with Crippen LogP contribution in [0.3, 0.4) is 0 Å². The van der Waals surface area contributed by atoms with Gasteiger partial charge in [0.05, 0.1) is 26.4 Å². The first-order valence-electron chi connectivity index (χ1n) is 8.58. The van der Waals surface area contributed by atoms with E-state index in [1.54, 1.807) is 37.4 Å². The first kappa shape index (κ1) is 20.9. The van der Waals surface area contributed by atoms with Crippen molar-refractivity contribution in [3.63, 3.8) is 0 Å². The van der Waals surface area contributed by atoms with E-state index in [9.17, 15) is 4.79 Å². The van der Waals surface area contributed by atoms with Crippen LogP contribution in [0, 0.1) is 0 Å². The number of amides is 1. The first-order chi connectivity index (χ1) is 13.1. The number of carbonyl (C=O) groups excluding carboxylic acids is 1. The van der Waals surface area contributed by atoms with Crippen LogP contribution in [0.5, 0.6) is 17.2 Å². The summed E-state index contributed by atoms with van der Waals surface area (Å²) in [7, 11) is 3.09. The molecule has 0 radical (unpaired) electrons. The molecule has 6 nitrogen and oxygen atoms in total. The van der Waals surface area contributed by atoms with Crippen molar-refractivity contribution in [1.29, 1.82) is 0 Å². The van der Waals surface area contributed by atoms with E-state index in [1.807, 2.05) is 13.0 Å². The average molecular weight is 394 g/mol. The van der Waals surface area contributed by atoms with Crippen LogP contribution in [0.1, 0.15) is 22.8 Å². The molecule has 27 heavy (non-hydrogen) atoms. The summed E-state index contributed by atoms with van der Waals surface area (Å²) in [6.45, 7) is 3.62. The van der Waals surface area contributed by atoms with Crippen molar-refractivity contribution in [3.8, 4) is 17.2 Å². The summed E-state index contributed by atoms with van der Waals surface area (Å²) in [6, 6.07) is 10.5. The van der Waals surface area contributed by atoms with Gasteiger partial charge in [0.2, 0.25) is 0 Å². The van der Waals surface area contributed by atoms with Gasteiger partial charge in [0.1, 0.15) is 12.4 Å². The molecule has 2 aromatic carbocycles. The third-order valence-corrected chi connectivity index (χ3v) is 4.16. The fourth-order valence-corrected chi connectivity index (χ4v) is 2.66. The molecule has 7 heteroatoms. The molecule has 2 rings (SSSR count). The summed E-state index contributed by atoms with van der Waals surface area (Å²) in [5.41, 5.74) is 1.17. The van der Waals surface area contributed by atoms with Crippen LogP contribution in [-0.2, 0) is 11.3 Å². The van der Waals surface area contributed by atoms with Gasteiger partial charge in [-0.1, -0.05) is 23.7 Å². The predicted octanol–water partition coefficient (Wildman–Crippen LogP) is 3.70. The highest BCUT2D eigenvalue weighted by Crippen LogP contribution is 2.33. The summed E-state index contributed by atoms with van der Waals surface area (Å²) in [6.07, 6.45) is 0. The lowest BCUT2D eigenvalue weighted by Crippen LogP contribution is -2.24. The van der Waals surface area contributed by atoms with Gasteiger partial charge in [-0.25, -0.2) is 0 Å². The molecule has 0 saturated heterocycles. The Morgan fingerprint density at radius 3 is 2.44 bits per heavy atom. The summed E-state index contributed by atoms with van der Waals surface area (Å²) in [5.74, 6) is 1.33. The lowest BCUT2D eigenvalue weighted by Gasteiger charge is -2.14. The van der Waals surface area contributed by atoms with Crippen molar-refractivity contribution in [3.05, 3.63) is 52.5 Å². The number of rotatable bonds is 10. The molecule has 0 spiro atoms. The second-order valence-corrected chi connectivity index (χ2v) is 5.93. The molecule has 2 aromatic rings. The van der Waals surface area contributed by atoms with Crippen LogP contribution in [0.25, 0.3) is 0 Å². The van der Waals surface area contributed by atoms with Crippen LogP contribution in [0.4, 0.5) is 0 Å². The van der Waals surface area contributed by atoms with Gasteiger partial charge in [-0.15, -0.1) is 0 Å². The molecule has 1 amide bonds. The zero-order valence-corrected chi connectivity index (χ0v) is 16.5.